The van der Waals surface area contributed by atoms with E-state index in [0.717, 1.165) is 48.5 Å². The molecule has 0 saturated carbocycles. The van der Waals surface area contributed by atoms with Crippen molar-refractivity contribution in [1.82, 2.24) is 0 Å². The summed E-state index contributed by atoms with van der Waals surface area (Å²) in [5, 5.41) is 5.57. The molecule has 0 aromatic heterocycles. The predicted octanol–water partition coefficient (Wildman–Crippen LogP) is 11.9. The van der Waals surface area contributed by atoms with Gasteiger partial charge in [0, 0.05) is 0 Å². The average molecular weight is 1030 g/mol. The summed E-state index contributed by atoms with van der Waals surface area (Å²) in [6.45, 7) is 37.1. The van der Waals surface area contributed by atoms with Crippen molar-refractivity contribution >= 4 is 24.8 Å². The molecule has 66 heavy (non-hydrogen) atoms. The maximum absolute atomic E-state index is 12.5. The normalized spacial score (nSPS) is 14.7. The molecule has 0 spiro atoms. The van der Waals surface area contributed by atoms with Crippen molar-refractivity contribution < 1.29 is 75.4 Å². The zero-order chi connectivity index (χ0) is 48.6. The molecule has 9 heteroatoms. The molecule has 0 nitrogen and oxygen atoms in total. The second-order valence-corrected chi connectivity index (χ2v) is 23.8. The van der Waals surface area contributed by atoms with Gasteiger partial charge >= 0.3 is 137 Å². The molecule has 1 atom stereocenters. The largest absolute Gasteiger partial charge is 1.00 e. The Kier molecular flexibility index (Phi) is 19.6. The van der Waals surface area contributed by atoms with Crippen LogP contribution in [0.4, 0.5) is 26.3 Å². The van der Waals surface area contributed by atoms with Crippen molar-refractivity contribution in [2.75, 3.05) is 0 Å². The molecular weight excluding hydrogens is 961 g/mol. The summed E-state index contributed by atoms with van der Waals surface area (Å²) < 4.78 is 75.6. The molecule has 0 N–H and O–H groups in total. The minimum Gasteiger partial charge on any atom is -1.00 e. The molecule has 0 saturated heterocycles. The molecule has 0 radical (unpaired) electrons. The first kappa shape index (κ1) is 59.3. The third-order valence-electron chi connectivity index (χ3n) is 11.8. The number of hydrogen-bond acceptors (Lipinski definition) is 0. The topological polar surface area (TPSA) is 0 Å². The van der Waals surface area contributed by atoms with Crippen LogP contribution in [0, 0.1) is 17.4 Å². The van der Waals surface area contributed by atoms with Gasteiger partial charge in [-0.3, -0.25) is 6.08 Å². The van der Waals surface area contributed by atoms with E-state index >= 15 is 0 Å². The molecule has 0 fully saturated rings. The summed E-state index contributed by atoms with van der Waals surface area (Å²) in [4.78, 5) is 0. The number of benzene rings is 4. The molecule has 0 amide bonds. The number of alkyl halides is 6. The van der Waals surface area contributed by atoms with E-state index in [9.17, 15) is 26.3 Å². The smallest absolute Gasteiger partial charge is 1.00 e. The first-order valence-corrected chi connectivity index (χ1v) is 23.7. The number of unbranched alkanes of at least 4 members (excludes halogenated alkanes) is 1. The van der Waals surface area contributed by atoms with Crippen molar-refractivity contribution in [1.29, 1.82) is 0 Å². The summed E-state index contributed by atoms with van der Waals surface area (Å²) in [5.41, 5.74) is 7.76. The third-order valence-corrected chi connectivity index (χ3v) is 13.2. The fourth-order valence-electron chi connectivity index (χ4n) is 7.97. The Balaban J connectivity index is 0.000000359. The Hall–Kier alpha value is -2.86. The monoisotopic (exact) mass is 1030 g/mol. The minimum absolute atomic E-state index is 0. The molecule has 0 aliphatic heterocycles. The van der Waals surface area contributed by atoms with Gasteiger partial charge in [0.1, 0.15) is 0 Å². The Morgan fingerprint density at radius 3 is 1.14 bits per heavy atom. The van der Waals surface area contributed by atoms with Crippen molar-refractivity contribution in [3.05, 3.63) is 147 Å². The molecule has 1 aliphatic carbocycles. The average Bonchev–Trinajstić information content (AvgIpc) is 3.79. The first-order chi connectivity index (χ1) is 29.0. The number of rotatable bonds is 5. The number of allylic oxidation sites excluding steroid dienone is 4. The second kappa shape index (κ2) is 21.8. The Morgan fingerprint density at radius 2 is 0.864 bits per heavy atom. The number of fused-ring (bicyclic) bond motifs is 3. The van der Waals surface area contributed by atoms with Gasteiger partial charge in [-0.1, -0.05) is 176 Å². The Morgan fingerprint density at radius 1 is 0.530 bits per heavy atom. The van der Waals surface area contributed by atoms with E-state index in [4.69, 9.17) is 0 Å². The summed E-state index contributed by atoms with van der Waals surface area (Å²) in [5.74, 6) is 0.592. The molecule has 5 aromatic carbocycles. The van der Waals surface area contributed by atoms with Crippen LogP contribution in [0.1, 0.15) is 175 Å². The van der Waals surface area contributed by atoms with E-state index in [1.165, 1.54) is 92.9 Å². The zero-order valence-corrected chi connectivity index (χ0v) is 45.9. The summed E-state index contributed by atoms with van der Waals surface area (Å²) >= 11 is 0.898. The summed E-state index contributed by atoms with van der Waals surface area (Å²) in [6, 6.07) is 21.5. The van der Waals surface area contributed by atoms with Crippen LogP contribution in [0.3, 0.4) is 0 Å². The maximum atomic E-state index is 12.5. The van der Waals surface area contributed by atoms with E-state index in [-0.39, 0.29) is 46.5 Å². The van der Waals surface area contributed by atoms with Gasteiger partial charge in [-0.25, -0.2) is 6.08 Å². The van der Waals surface area contributed by atoms with Gasteiger partial charge in [-0.15, -0.1) is 39.7 Å². The predicted molar refractivity (Wildman–Crippen MR) is 256 cm³/mol. The van der Waals surface area contributed by atoms with Gasteiger partial charge in [0.25, 0.3) is 0 Å². The van der Waals surface area contributed by atoms with E-state index in [1.54, 1.807) is 0 Å². The van der Waals surface area contributed by atoms with Crippen LogP contribution in [0.25, 0.3) is 21.5 Å². The molecule has 360 valence electrons. The second-order valence-electron chi connectivity index (χ2n) is 22.6. The molecule has 0 heterocycles. The van der Waals surface area contributed by atoms with Crippen LogP contribution in [0.5, 0.6) is 0 Å². The van der Waals surface area contributed by atoms with E-state index in [0.29, 0.717) is 25.7 Å². The van der Waals surface area contributed by atoms with Crippen molar-refractivity contribution in [3.8, 4) is 0 Å². The van der Waals surface area contributed by atoms with E-state index < -0.39 is 23.5 Å². The van der Waals surface area contributed by atoms with Crippen molar-refractivity contribution in [3.63, 3.8) is 0 Å². The number of halogens is 8. The fourth-order valence-corrected chi connectivity index (χ4v) is 8.79. The van der Waals surface area contributed by atoms with Crippen LogP contribution in [-0.4, -0.2) is 3.21 Å². The quantitative estimate of drug-likeness (QED) is 0.122. The molecule has 1 unspecified atom stereocenters. The van der Waals surface area contributed by atoms with Crippen molar-refractivity contribution in [2.24, 2.45) is 11.3 Å². The minimum atomic E-state index is -4.41. The van der Waals surface area contributed by atoms with Crippen LogP contribution in [0.2, 0.25) is 0 Å². The van der Waals surface area contributed by atoms with Crippen LogP contribution >= 0.6 is 0 Å². The number of hydrogen-bond donors (Lipinski definition) is 0. The Bertz CT molecular complexity index is 2320. The molecule has 6 rings (SSSR count). The fraction of sp³-hybridized carbons (Fsp3) is 0.474. The van der Waals surface area contributed by atoms with Crippen LogP contribution in [-0.2, 0) is 58.2 Å². The summed E-state index contributed by atoms with van der Waals surface area (Å²) in [6.07, 6.45) is 3.06. The van der Waals surface area contributed by atoms with Gasteiger partial charge in [0.15, 0.2) is 0 Å². The van der Waals surface area contributed by atoms with Gasteiger partial charge in [-0.2, -0.15) is 11.6 Å². The van der Waals surface area contributed by atoms with Crippen LogP contribution in [0.15, 0.2) is 96.6 Å². The van der Waals surface area contributed by atoms with Gasteiger partial charge < -0.3 is 24.8 Å². The third kappa shape index (κ3) is 15.3. The molecule has 5 aromatic rings. The van der Waals surface area contributed by atoms with Gasteiger partial charge in [0.2, 0.25) is 0 Å². The molecular formula is C57H70Cl2F6Zr-2. The van der Waals surface area contributed by atoms with Crippen molar-refractivity contribution in [2.45, 2.75) is 164 Å². The molecule has 0 bridgehead atoms. The SMILES string of the molecule is CC(C)(C)c1cc2[cH-]c3cc(C(C)(C)C)c(C(C)(C)C)cc3c2cc1C(C)(C)C.CCCCC1[C-]=CC(C(C)(C)C)=C1.FC(F)(F)c1ccc([C](=[Zr+2])c2ccc(C(F)(F)F)cc2)cc1.[Cl-].[Cl-]. The first-order valence-electron chi connectivity index (χ1n) is 22.5. The van der Waals surface area contributed by atoms with Crippen LogP contribution < -0.4 is 24.8 Å². The van der Waals surface area contributed by atoms with Gasteiger partial charge in [0.05, 0.1) is 0 Å². The standard InChI is InChI=1S/C29H41.C15H8F6.C13H21.2ClH.Zr/c1-26(2,3)22-14-18-13-19-15-23(27(4,5)6)25(29(10,11)12)17-21(19)20(18)16-24(22)28(7,8)9;16-14(17,18)12-5-1-10(2-6-12)9-11-3-7-13(8-4-11)15(19,20)21;1-5-6-7-11-8-9-12(10-11)13(2,3)4;;;/h13-17H,1-12H3;1-8H;9-11H,5-7H2,1-4H3;2*1H;/q-1;;-1;;;+2/p-2. The van der Waals surface area contributed by atoms with E-state index in [1.807, 2.05) is 0 Å². The Labute approximate surface area is 420 Å². The summed E-state index contributed by atoms with van der Waals surface area (Å²) in [7, 11) is 0. The van der Waals surface area contributed by atoms with Gasteiger partial charge in [-0.05, 0) is 21.7 Å². The molecule has 1 aliphatic rings. The maximum Gasteiger partial charge on any atom is -1.00 e. The van der Waals surface area contributed by atoms with E-state index in [2.05, 4.69) is 159 Å². The zero-order valence-electron chi connectivity index (χ0n) is 41.9.